The lowest BCUT2D eigenvalue weighted by atomic mass is 9.90. The molecule has 0 bridgehead atoms. The standard InChI is InChI=1S/C15H22N2O4/c1-4-15(5-2,6-3)17-14(21)16-10-7-8-11(13(19)20)12(18)9-10/h7-9,18H,4-6H2,1-3H3,(H,19,20)(H2,16,17,21). The maximum Gasteiger partial charge on any atom is 0.339 e. The molecule has 4 N–H and O–H groups in total. The molecule has 0 radical (unpaired) electrons. The van der Waals surface area contributed by atoms with Gasteiger partial charge in [0.25, 0.3) is 0 Å². The number of carbonyl (C=O) groups excluding carboxylic acids is 1. The van der Waals surface area contributed by atoms with Crippen molar-refractivity contribution in [3.8, 4) is 5.75 Å². The molecule has 1 aromatic rings. The van der Waals surface area contributed by atoms with E-state index in [0.29, 0.717) is 5.69 Å². The van der Waals surface area contributed by atoms with Gasteiger partial charge in [-0.3, -0.25) is 0 Å². The topological polar surface area (TPSA) is 98.7 Å². The molecule has 0 spiro atoms. The number of hydrogen-bond donors (Lipinski definition) is 4. The predicted molar refractivity (Wildman–Crippen MR) is 80.8 cm³/mol. The Hall–Kier alpha value is -2.24. The summed E-state index contributed by atoms with van der Waals surface area (Å²) in [5.41, 5.74) is -0.120. The minimum absolute atomic E-state index is 0.203. The van der Waals surface area contributed by atoms with Crippen LogP contribution in [0.5, 0.6) is 5.75 Å². The number of anilines is 1. The first-order chi connectivity index (χ1) is 9.87. The highest BCUT2D eigenvalue weighted by Gasteiger charge is 2.25. The lowest BCUT2D eigenvalue weighted by molar-refractivity contribution is 0.0694. The predicted octanol–water partition coefficient (Wildman–Crippen LogP) is 3.18. The molecule has 0 fully saturated rings. The van der Waals surface area contributed by atoms with E-state index < -0.39 is 5.97 Å². The normalized spacial score (nSPS) is 11.0. The fraction of sp³-hybridized carbons (Fsp3) is 0.467. The van der Waals surface area contributed by atoms with Crippen LogP contribution in [-0.2, 0) is 0 Å². The molecule has 0 saturated heterocycles. The summed E-state index contributed by atoms with van der Waals surface area (Å²) in [6, 6.07) is 3.53. The van der Waals surface area contributed by atoms with Gasteiger partial charge >= 0.3 is 12.0 Å². The summed E-state index contributed by atoms with van der Waals surface area (Å²) in [6.45, 7) is 6.04. The van der Waals surface area contributed by atoms with Gasteiger partial charge in [0.15, 0.2) is 0 Å². The number of amides is 2. The minimum Gasteiger partial charge on any atom is -0.507 e. The van der Waals surface area contributed by atoms with Gasteiger partial charge in [0.1, 0.15) is 11.3 Å². The van der Waals surface area contributed by atoms with Gasteiger partial charge in [-0.15, -0.1) is 0 Å². The van der Waals surface area contributed by atoms with Crippen molar-refractivity contribution in [1.82, 2.24) is 5.32 Å². The second kappa shape index (κ2) is 6.97. The number of nitrogens with one attached hydrogen (secondary N) is 2. The van der Waals surface area contributed by atoms with Gasteiger partial charge in [-0.25, -0.2) is 9.59 Å². The molecule has 1 aromatic carbocycles. The third-order valence-corrected chi connectivity index (χ3v) is 3.90. The van der Waals surface area contributed by atoms with Crippen molar-refractivity contribution in [3.63, 3.8) is 0 Å². The van der Waals surface area contributed by atoms with Crippen LogP contribution >= 0.6 is 0 Å². The van der Waals surface area contributed by atoms with E-state index >= 15 is 0 Å². The summed E-state index contributed by atoms with van der Waals surface area (Å²) >= 11 is 0. The van der Waals surface area contributed by atoms with Crippen LogP contribution in [0.2, 0.25) is 0 Å². The van der Waals surface area contributed by atoms with Crippen LogP contribution in [0.25, 0.3) is 0 Å². The van der Waals surface area contributed by atoms with Crippen molar-refractivity contribution in [3.05, 3.63) is 23.8 Å². The van der Waals surface area contributed by atoms with Gasteiger partial charge < -0.3 is 20.8 Å². The number of urea groups is 1. The summed E-state index contributed by atoms with van der Waals surface area (Å²) in [6.07, 6.45) is 2.45. The summed E-state index contributed by atoms with van der Waals surface area (Å²) in [7, 11) is 0. The second-order valence-electron chi connectivity index (χ2n) is 4.96. The van der Waals surface area contributed by atoms with Gasteiger partial charge in [0, 0.05) is 17.3 Å². The average Bonchev–Trinajstić information content (AvgIpc) is 2.44. The second-order valence-corrected chi connectivity index (χ2v) is 4.96. The highest BCUT2D eigenvalue weighted by Crippen LogP contribution is 2.23. The molecule has 0 unspecified atom stereocenters. The van der Waals surface area contributed by atoms with E-state index in [4.69, 9.17) is 5.11 Å². The van der Waals surface area contributed by atoms with Gasteiger partial charge in [0.05, 0.1) is 0 Å². The van der Waals surface area contributed by atoms with Crippen LogP contribution in [0.1, 0.15) is 50.4 Å². The molecule has 6 nitrogen and oxygen atoms in total. The maximum absolute atomic E-state index is 12.0. The van der Waals surface area contributed by atoms with E-state index in [1.165, 1.54) is 18.2 Å². The molecule has 6 heteroatoms. The number of benzene rings is 1. The molecule has 21 heavy (non-hydrogen) atoms. The lowest BCUT2D eigenvalue weighted by Gasteiger charge is -2.31. The van der Waals surface area contributed by atoms with Crippen LogP contribution in [0.3, 0.4) is 0 Å². The Morgan fingerprint density at radius 1 is 1.14 bits per heavy atom. The zero-order valence-corrected chi connectivity index (χ0v) is 12.6. The lowest BCUT2D eigenvalue weighted by Crippen LogP contribution is -2.48. The molecule has 0 atom stereocenters. The molecule has 0 aliphatic heterocycles. The molecule has 0 aliphatic carbocycles. The largest absolute Gasteiger partial charge is 0.507 e. The number of aromatic carboxylic acids is 1. The maximum atomic E-state index is 12.0. The monoisotopic (exact) mass is 294 g/mol. The SMILES string of the molecule is CCC(CC)(CC)NC(=O)Nc1ccc(C(=O)O)c(O)c1. The van der Waals surface area contributed by atoms with Gasteiger partial charge in [-0.2, -0.15) is 0 Å². The molecule has 116 valence electrons. The van der Waals surface area contributed by atoms with E-state index in [9.17, 15) is 14.7 Å². The molecule has 0 aromatic heterocycles. The zero-order valence-electron chi connectivity index (χ0n) is 12.6. The zero-order chi connectivity index (χ0) is 16.0. The third kappa shape index (κ3) is 4.11. The Labute approximate surface area is 124 Å². The first kappa shape index (κ1) is 16.8. The van der Waals surface area contributed by atoms with Gasteiger partial charge in [0.2, 0.25) is 0 Å². The quantitative estimate of drug-likeness (QED) is 0.647. The average molecular weight is 294 g/mol. The van der Waals surface area contributed by atoms with Crippen LogP contribution in [0, 0.1) is 0 Å². The number of carbonyl (C=O) groups is 2. The van der Waals surface area contributed by atoms with Crippen molar-refractivity contribution >= 4 is 17.7 Å². The Morgan fingerprint density at radius 3 is 2.14 bits per heavy atom. The molecular formula is C15H22N2O4. The van der Waals surface area contributed by atoms with E-state index in [1.807, 2.05) is 20.8 Å². The molecule has 0 saturated carbocycles. The van der Waals surface area contributed by atoms with Crippen molar-refractivity contribution < 1.29 is 19.8 Å². The van der Waals surface area contributed by atoms with E-state index in [-0.39, 0.29) is 22.9 Å². The number of carboxylic acid groups (broad SMARTS) is 1. The van der Waals surface area contributed by atoms with Gasteiger partial charge in [-0.05, 0) is 31.4 Å². The Kier molecular flexibility index (Phi) is 5.58. The number of phenols is 1. The number of hydrogen-bond acceptors (Lipinski definition) is 3. The fourth-order valence-electron chi connectivity index (χ4n) is 2.21. The third-order valence-electron chi connectivity index (χ3n) is 3.90. The molecule has 0 heterocycles. The number of aromatic hydroxyl groups is 1. The molecule has 1 rings (SSSR count). The van der Waals surface area contributed by atoms with Crippen LogP contribution in [0.4, 0.5) is 10.5 Å². The number of rotatable bonds is 6. The van der Waals surface area contributed by atoms with Crippen LogP contribution in [0.15, 0.2) is 18.2 Å². The highest BCUT2D eigenvalue weighted by atomic mass is 16.4. The molecule has 2 amide bonds. The Balaban J connectivity index is 2.80. The fourth-order valence-corrected chi connectivity index (χ4v) is 2.21. The first-order valence-electron chi connectivity index (χ1n) is 7.03. The van der Waals surface area contributed by atoms with Crippen molar-refractivity contribution in [1.29, 1.82) is 0 Å². The summed E-state index contributed by atoms with van der Waals surface area (Å²) < 4.78 is 0. The highest BCUT2D eigenvalue weighted by molar-refractivity contribution is 5.94. The van der Waals surface area contributed by atoms with Gasteiger partial charge in [-0.1, -0.05) is 20.8 Å². The smallest absolute Gasteiger partial charge is 0.339 e. The summed E-state index contributed by atoms with van der Waals surface area (Å²) in [4.78, 5) is 22.8. The molecule has 0 aliphatic rings. The van der Waals surface area contributed by atoms with Crippen molar-refractivity contribution in [2.45, 2.75) is 45.6 Å². The van der Waals surface area contributed by atoms with E-state index in [1.54, 1.807) is 0 Å². The Bertz CT molecular complexity index is 516. The van der Waals surface area contributed by atoms with Crippen molar-refractivity contribution in [2.24, 2.45) is 0 Å². The molecular weight excluding hydrogens is 272 g/mol. The van der Waals surface area contributed by atoms with Crippen molar-refractivity contribution in [2.75, 3.05) is 5.32 Å². The first-order valence-corrected chi connectivity index (χ1v) is 7.03. The summed E-state index contributed by atoms with van der Waals surface area (Å²) in [5, 5.41) is 24.0. The number of carboxylic acids is 1. The minimum atomic E-state index is -1.22. The van der Waals surface area contributed by atoms with Crippen LogP contribution in [-0.4, -0.2) is 27.8 Å². The van der Waals surface area contributed by atoms with Crippen LogP contribution < -0.4 is 10.6 Å². The Morgan fingerprint density at radius 2 is 1.71 bits per heavy atom. The van der Waals surface area contributed by atoms with E-state index in [2.05, 4.69) is 10.6 Å². The van der Waals surface area contributed by atoms with E-state index in [0.717, 1.165) is 19.3 Å². The summed E-state index contributed by atoms with van der Waals surface area (Å²) in [5.74, 6) is -1.60.